The fourth-order valence-corrected chi connectivity index (χ4v) is 2.94. The minimum atomic E-state index is 0.338. The number of benzene rings is 1. The van der Waals surface area contributed by atoms with Crippen molar-refractivity contribution in [2.24, 2.45) is 0 Å². The molecule has 1 aliphatic heterocycles. The molecule has 2 heterocycles. The summed E-state index contributed by atoms with van der Waals surface area (Å²) in [6, 6.07) is 10.8. The van der Waals surface area contributed by atoms with E-state index in [1.807, 2.05) is 13.0 Å². The highest BCUT2D eigenvalue weighted by Gasteiger charge is 2.14. The number of hydrogen-bond acceptors (Lipinski definition) is 6. The fourth-order valence-electron chi connectivity index (χ4n) is 2.94. The largest absolute Gasteiger partial charge is 0.369 e. The van der Waals surface area contributed by atoms with E-state index in [9.17, 15) is 0 Å². The normalized spacial score (nSPS) is 15.5. The zero-order valence-corrected chi connectivity index (χ0v) is 15.6. The van der Waals surface area contributed by atoms with Crippen LogP contribution in [0.3, 0.4) is 0 Å². The first-order valence-corrected chi connectivity index (χ1v) is 8.92. The number of hydrogen-bond donors (Lipinski definition) is 2. The molecule has 0 unspecified atom stereocenters. The van der Waals surface area contributed by atoms with Crippen molar-refractivity contribution in [2.75, 3.05) is 48.8 Å². The predicted octanol–water partition coefficient (Wildman–Crippen LogP) is 3.10. The van der Waals surface area contributed by atoms with E-state index >= 15 is 0 Å². The third-order valence-electron chi connectivity index (χ3n) is 4.28. The first-order chi connectivity index (χ1) is 12.0. The Balaban J connectivity index is 1.68. The van der Waals surface area contributed by atoms with E-state index in [-0.39, 0.29) is 0 Å². The highest BCUT2D eigenvalue weighted by Crippen LogP contribution is 2.21. The summed E-state index contributed by atoms with van der Waals surface area (Å²) < 4.78 is 0. The summed E-state index contributed by atoms with van der Waals surface area (Å²) in [6.45, 7) is 10.6. The van der Waals surface area contributed by atoms with Gasteiger partial charge in [0.1, 0.15) is 5.82 Å². The monoisotopic (exact) mass is 340 g/mol. The Labute approximate surface area is 150 Å². The summed E-state index contributed by atoms with van der Waals surface area (Å²) >= 11 is 0. The molecule has 1 fully saturated rings. The van der Waals surface area contributed by atoms with Crippen molar-refractivity contribution in [1.82, 2.24) is 14.9 Å². The number of rotatable bonds is 5. The fraction of sp³-hybridized carbons (Fsp3) is 0.474. The van der Waals surface area contributed by atoms with Gasteiger partial charge in [0.2, 0.25) is 5.95 Å². The Bertz CT molecular complexity index is 690. The summed E-state index contributed by atoms with van der Waals surface area (Å²) in [6.07, 6.45) is 0. The van der Waals surface area contributed by atoms with E-state index < -0.39 is 0 Å². The smallest absolute Gasteiger partial charge is 0.229 e. The standard InChI is InChI=1S/C19H28N6/c1-14(2)20-18-13-15(3)21-19(23-18)22-16-5-7-17(8-6-16)25-11-9-24(4)10-12-25/h5-8,13-14H,9-12H2,1-4H3,(H2,20,21,22,23). The summed E-state index contributed by atoms with van der Waals surface area (Å²) in [5.41, 5.74) is 3.21. The molecule has 25 heavy (non-hydrogen) atoms. The van der Waals surface area contributed by atoms with Crippen LogP contribution in [0.25, 0.3) is 0 Å². The molecule has 0 amide bonds. The Kier molecular flexibility index (Phi) is 5.38. The second-order valence-corrected chi connectivity index (χ2v) is 6.98. The van der Waals surface area contributed by atoms with Gasteiger partial charge in [-0.25, -0.2) is 4.98 Å². The van der Waals surface area contributed by atoms with Crippen LogP contribution in [0.1, 0.15) is 19.5 Å². The molecule has 0 spiro atoms. The molecular formula is C19H28N6. The Hall–Kier alpha value is -2.34. The number of likely N-dealkylation sites (N-methyl/N-ethyl adjacent to an activating group) is 1. The van der Waals surface area contributed by atoms with Crippen LogP contribution in [-0.4, -0.2) is 54.1 Å². The average Bonchev–Trinajstić information content (AvgIpc) is 2.55. The van der Waals surface area contributed by atoms with Crippen LogP contribution in [0, 0.1) is 6.92 Å². The molecule has 6 heteroatoms. The zero-order valence-electron chi connectivity index (χ0n) is 15.6. The maximum atomic E-state index is 4.54. The maximum Gasteiger partial charge on any atom is 0.229 e. The van der Waals surface area contributed by atoms with Crippen molar-refractivity contribution >= 4 is 23.1 Å². The number of piperazine rings is 1. The Morgan fingerprint density at radius 3 is 2.32 bits per heavy atom. The predicted molar refractivity (Wildman–Crippen MR) is 105 cm³/mol. The van der Waals surface area contributed by atoms with Crippen LogP contribution in [0.4, 0.5) is 23.1 Å². The van der Waals surface area contributed by atoms with Gasteiger partial charge < -0.3 is 20.4 Å². The molecule has 1 aromatic carbocycles. The van der Waals surface area contributed by atoms with Crippen molar-refractivity contribution in [3.63, 3.8) is 0 Å². The van der Waals surface area contributed by atoms with Gasteiger partial charge in [-0.3, -0.25) is 0 Å². The van der Waals surface area contributed by atoms with Crippen LogP contribution in [0.15, 0.2) is 30.3 Å². The topological polar surface area (TPSA) is 56.3 Å². The molecule has 0 bridgehead atoms. The highest BCUT2D eigenvalue weighted by atomic mass is 15.2. The van der Waals surface area contributed by atoms with Crippen molar-refractivity contribution in [3.8, 4) is 0 Å². The van der Waals surface area contributed by atoms with Crippen LogP contribution in [-0.2, 0) is 0 Å². The minimum Gasteiger partial charge on any atom is -0.369 e. The lowest BCUT2D eigenvalue weighted by Gasteiger charge is -2.34. The summed E-state index contributed by atoms with van der Waals surface area (Å²) in [5, 5.41) is 6.63. The van der Waals surface area contributed by atoms with Gasteiger partial charge >= 0.3 is 0 Å². The van der Waals surface area contributed by atoms with E-state index in [0.717, 1.165) is 43.4 Å². The van der Waals surface area contributed by atoms with Crippen molar-refractivity contribution in [1.29, 1.82) is 0 Å². The molecule has 1 saturated heterocycles. The Morgan fingerprint density at radius 1 is 1.00 bits per heavy atom. The average molecular weight is 340 g/mol. The molecule has 1 aromatic heterocycles. The van der Waals surface area contributed by atoms with Gasteiger partial charge in [-0.2, -0.15) is 4.98 Å². The molecule has 3 rings (SSSR count). The molecule has 0 aliphatic carbocycles. The summed E-state index contributed by atoms with van der Waals surface area (Å²) in [7, 11) is 2.18. The molecule has 0 saturated carbocycles. The van der Waals surface area contributed by atoms with Crippen LogP contribution in [0.5, 0.6) is 0 Å². The maximum absolute atomic E-state index is 4.54. The highest BCUT2D eigenvalue weighted by molar-refractivity contribution is 5.60. The SMILES string of the molecule is Cc1cc(NC(C)C)nc(Nc2ccc(N3CCN(C)CC3)cc2)n1. The van der Waals surface area contributed by atoms with Gasteiger partial charge in [-0.05, 0) is 52.1 Å². The van der Waals surface area contributed by atoms with Gasteiger partial charge in [0.15, 0.2) is 0 Å². The second-order valence-electron chi connectivity index (χ2n) is 6.98. The number of aryl methyl sites for hydroxylation is 1. The van der Waals surface area contributed by atoms with Gasteiger partial charge in [-0.15, -0.1) is 0 Å². The molecule has 134 valence electrons. The third kappa shape index (κ3) is 4.82. The first-order valence-electron chi connectivity index (χ1n) is 8.92. The van der Waals surface area contributed by atoms with Crippen LogP contribution in [0.2, 0.25) is 0 Å². The Morgan fingerprint density at radius 2 is 1.68 bits per heavy atom. The van der Waals surface area contributed by atoms with E-state index in [0.29, 0.717) is 12.0 Å². The quantitative estimate of drug-likeness (QED) is 0.872. The number of nitrogens with zero attached hydrogens (tertiary/aromatic N) is 4. The molecule has 2 aromatic rings. The molecule has 1 aliphatic rings. The molecule has 2 N–H and O–H groups in total. The first kappa shape index (κ1) is 17.5. The van der Waals surface area contributed by atoms with E-state index in [1.54, 1.807) is 0 Å². The molecule has 0 atom stereocenters. The van der Waals surface area contributed by atoms with Crippen molar-refractivity contribution in [3.05, 3.63) is 36.0 Å². The van der Waals surface area contributed by atoms with Gasteiger partial charge in [0.25, 0.3) is 0 Å². The molecular weight excluding hydrogens is 312 g/mol. The second kappa shape index (κ2) is 7.70. The summed E-state index contributed by atoms with van der Waals surface area (Å²) in [4.78, 5) is 13.8. The number of anilines is 4. The van der Waals surface area contributed by atoms with E-state index in [2.05, 4.69) is 75.6 Å². The van der Waals surface area contributed by atoms with Crippen LogP contribution < -0.4 is 15.5 Å². The van der Waals surface area contributed by atoms with Gasteiger partial charge in [0, 0.05) is 55.4 Å². The van der Waals surface area contributed by atoms with E-state index in [1.165, 1.54) is 5.69 Å². The lowest BCUT2D eigenvalue weighted by molar-refractivity contribution is 0.313. The summed E-state index contributed by atoms with van der Waals surface area (Å²) in [5.74, 6) is 1.47. The van der Waals surface area contributed by atoms with Crippen molar-refractivity contribution < 1.29 is 0 Å². The zero-order chi connectivity index (χ0) is 17.8. The minimum absolute atomic E-state index is 0.338. The number of nitrogens with one attached hydrogen (secondary N) is 2. The van der Waals surface area contributed by atoms with Gasteiger partial charge in [0.05, 0.1) is 0 Å². The lowest BCUT2D eigenvalue weighted by Crippen LogP contribution is -2.44. The number of aromatic nitrogens is 2. The van der Waals surface area contributed by atoms with Crippen molar-refractivity contribution in [2.45, 2.75) is 26.8 Å². The van der Waals surface area contributed by atoms with E-state index in [4.69, 9.17) is 0 Å². The lowest BCUT2D eigenvalue weighted by atomic mass is 10.2. The molecule has 6 nitrogen and oxygen atoms in total. The van der Waals surface area contributed by atoms with Gasteiger partial charge in [-0.1, -0.05) is 0 Å². The van der Waals surface area contributed by atoms with Crippen LogP contribution >= 0.6 is 0 Å². The molecule has 0 radical (unpaired) electrons. The third-order valence-corrected chi connectivity index (χ3v) is 4.28.